The number of hydrogen-bond acceptors (Lipinski definition) is 3. The lowest BCUT2D eigenvalue weighted by Gasteiger charge is -2.20. The first-order valence-electron chi connectivity index (χ1n) is 7.61. The van der Waals surface area contributed by atoms with E-state index in [-0.39, 0.29) is 11.4 Å². The van der Waals surface area contributed by atoms with Crippen LogP contribution in [0.1, 0.15) is 18.5 Å². The Morgan fingerprint density at radius 1 is 1.16 bits per heavy atom. The number of fused-ring (bicyclic) bond motifs is 1. The monoisotopic (exact) mass is 402 g/mol. The van der Waals surface area contributed by atoms with Crippen LogP contribution >= 0.6 is 15.9 Å². The highest BCUT2D eigenvalue weighted by atomic mass is 79.9. The molecule has 0 spiro atoms. The molecule has 0 amide bonds. The van der Waals surface area contributed by atoms with Crippen LogP contribution in [0.4, 0.5) is 0 Å². The van der Waals surface area contributed by atoms with E-state index >= 15 is 0 Å². The van der Waals surface area contributed by atoms with Crippen molar-refractivity contribution in [2.45, 2.75) is 19.5 Å². The summed E-state index contributed by atoms with van der Waals surface area (Å²) < 4.78 is 2.90. The molecule has 1 heterocycles. The van der Waals surface area contributed by atoms with Gasteiger partial charge in [0, 0.05) is 4.47 Å². The first-order chi connectivity index (χ1) is 11.9. The van der Waals surface area contributed by atoms with Gasteiger partial charge >= 0.3 is 11.7 Å². The molecule has 25 heavy (non-hydrogen) atoms. The third kappa shape index (κ3) is 3.15. The van der Waals surface area contributed by atoms with E-state index in [1.807, 2.05) is 37.3 Å². The van der Waals surface area contributed by atoms with Gasteiger partial charge in [-0.2, -0.15) is 0 Å². The molecule has 0 bridgehead atoms. The van der Waals surface area contributed by atoms with Crippen LogP contribution < -0.4 is 11.2 Å². The molecule has 0 aliphatic carbocycles. The van der Waals surface area contributed by atoms with Crippen molar-refractivity contribution >= 4 is 32.8 Å². The summed E-state index contributed by atoms with van der Waals surface area (Å²) in [4.78, 5) is 36.6. The number of benzene rings is 2. The molecule has 7 heteroatoms. The molecule has 0 fully saturated rings. The molecular formula is C18H15BrN2O4. The van der Waals surface area contributed by atoms with E-state index in [0.717, 1.165) is 10.1 Å². The zero-order valence-corrected chi connectivity index (χ0v) is 14.9. The van der Waals surface area contributed by atoms with Crippen LogP contribution in [0.5, 0.6) is 0 Å². The Bertz CT molecular complexity index is 1070. The van der Waals surface area contributed by atoms with Gasteiger partial charge in [0.2, 0.25) is 0 Å². The van der Waals surface area contributed by atoms with E-state index in [1.54, 1.807) is 18.2 Å². The second-order valence-electron chi connectivity index (χ2n) is 5.69. The van der Waals surface area contributed by atoms with Crippen molar-refractivity contribution in [3.63, 3.8) is 0 Å². The summed E-state index contributed by atoms with van der Waals surface area (Å²) in [6.07, 6.45) is 0. The number of halogens is 1. The van der Waals surface area contributed by atoms with Crippen molar-refractivity contribution in [2.75, 3.05) is 0 Å². The van der Waals surface area contributed by atoms with Gasteiger partial charge in [0.1, 0.15) is 6.54 Å². The number of carboxylic acid groups (broad SMARTS) is 1. The number of aromatic nitrogens is 2. The van der Waals surface area contributed by atoms with Crippen LogP contribution in [0.2, 0.25) is 0 Å². The van der Waals surface area contributed by atoms with Gasteiger partial charge in [0.25, 0.3) is 5.56 Å². The molecule has 0 aliphatic rings. The SMILES string of the molecule is CC(c1ccccc1)n1c(=O)n(CC(=O)O)c(=O)c2cc(Br)ccc21. The predicted molar refractivity (Wildman–Crippen MR) is 98.1 cm³/mol. The fraction of sp³-hybridized carbons (Fsp3) is 0.167. The summed E-state index contributed by atoms with van der Waals surface area (Å²) >= 11 is 3.32. The van der Waals surface area contributed by atoms with Crippen LogP contribution in [0.3, 0.4) is 0 Å². The van der Waals surface area contributed by atoms with E-state index in [0.29, 0.717) is 9.99 Å². The fourth-order valence-electron chi connectivity index (χ4n) is 2.88. The normalized spacial score (nSPS) is 12.2. The van der Waals surface area contributed by atoms with E-state index < -0.39 is 23.8 Å². The Kier molecular flexibility index (Phi) is 4.59. The summed E-state index contributed by atoms with van der Waals surface area (Å²) in [6, 6.07) is 14.0. The minimum Gasteiger partial charge on any atom is -0.480 e. The summed E-state index contributed by atoms with van der Waals surface area (Å²) in [6.45, 7) is 1.16. The number of rotatable bonds is 4. The first-order valence-corrected chi connectivity index (χ1v) is 8.41. The molecule has 1 N–H and O–H groups in total. The summed E-state index contributed by atoms with van der Waals surface area (Å²) in [7, 11) is 0. The van der Waals surface area contributed by atoms with Crippen molar-refractivity contribution < 1.29 is 9.90 Å². The lowest BCUT2D eigenvalue weighted by atomic mass is 10.1. The molecule has 0 saturated heterocycles. The maximum Gasteiger partial charge on any atom is 0.332 e. The Labute approximate surface area is 151 Å². The van der Waals surface area contributed by atoms with Gasteiger partial charge in [0.15, 0.2) is 0 Å². The fourth-order valence-corrected chi connectivity index (χ4v) is 3.25. The number of aliphatic carboxylic acids is 1. The molecule has 1 atom stereocenters. The lowest BCUT2D eigenvalue weighted by Crippen LogP contribution is -2.42. The van der Waals surface area contributed by atoms with Gasteiger partial charge in [-0.15, -0.1) is 0 Å². The highest BCUT2D eigenvalue weighted by molar-refractivity contribution is 9.10. The number of nitrogens with zero attached hydrogens (tertiary/aromatic N) is 2. The van der Waals surface area contributed by atoms with Gasteiger partial charge in [-0.25, -0.2) is 9.36 Å². The molecule has 1 aromatic heterocycles. The number of hydrogen-bond donors (Lipinski definition) is 1. The van der Waals surface area contributed by atoms with Crippen LogP contribution in [0.15, 0.2) is 62.6 Å². The molecule has 2 aromatic carbocycles. The van der Waals surface area contributed by atoms with E-state index in [9.17, 15) is 14.4 Å². The van der Waals surface area contributed by atoms with E-state index in [4.69, 9.17) is 5.11 Å². The quantitative estimate of drug-likeness (QED) is 0.726. The second-order valence-corrected chi connectivity index (χ2v) is 6.60. The molecule has 3 rings (SSSR count). The van der Waals surface area contributed by atoms with Crippen molar-refractivity contribution in [1.82, 2.24) is 9.13 Å². The Morgan fingerprint density at radius 3 is 2.48 bits per heavy atom. The average Bonchev–Trinajstić information content (AvgIpc) is 2.59. The summed E-state index contributed by atoms with van der Waals surface area (Å²) in [5.74, 6) is -1.24. The first kappa shape index (κ1) is 17.2. The zero-order chi connectivity index (χ0) is 18.1. The molecule has 128 valence electrons. The Hall–Kier alpha value is -2.67. The van der Waals surface area contributed by atoms with Crippen LogP contribution in [0, 0.1) is 0 Å². The Morgan fingerprint density at radius 2 is 1.84 bits per heavy atom. The topological polar surface area (TPSA) is 81.3 Å². The number of carboxylic acids is 1. The van der Waals surface area contributed by atoms with Crippen LogP contribution in [-0.2, 0) is 11.3 Å². The standard InChI is InChI=1S/C18H15BrN2O4/c1-11(12-5-3-2-4-6-12)21-15-8-7-13(19)9-14(15)17(24)20(18(21)25)10-16(22)23/h2-9,11H,10H2,1H3,(H,22,23). The minimum absolute atomic E-state index is 0.290. The van der Waals surface area contributed by atoms with Gasteiger partial charge in [0.05, 0.1) is 16.9 Å². The second kappa shape index (κ2) is 6.68. The lowest BCUT2D eigenvalue weighted by molar-refractivity contribution is -0.137. The molecule has 0 aliphatic heterocycles. The van der Waals surface area contributed by atoms with E-state index in [2.05, 4.69) is 15.9 Å². The van der Waals surface area contributed by atoms with Crippen molar-refractivity contribution in [3.8, 4) is 0 Å². The largest absolute Gasteiger partial charge is 0.480 e. The molecule has 1 unspecified atom stereocenters. The van der Waals surface area contributed by atoms with Crippen molar-refractivity contribution in [3.05, 3.63) is 79.4 Å². The van der Waals surface area contributed by atoms with Crippen LogP contribution in [-0.4, -0.2) is 20.2 Å². The van der Waals surface area contributed by atoms with Gasteiger partial charge in [-0.3, -0.25) is 14.2 Å². The third-order valence-corrected chi connectivity index (χ3v) is 4.59. The molecule has 6 nitrogen and oxygen atoms in total. The molecular weight excluding hydrogens is 388 g/mol. The molecule has 0 radical (unpaired) electrons. The van der Waals surface area contributed by atoms with Gasteiger partial charge < -0.3 is 5.11 Å². The summed E-state index contributed by atoms with van der Waals surface area (Å²) in [5.41, 5.74) is 0.101. The smallest absolute Gasteiger partial charge is 0.332 e. The van der Waals surface area contributed by atoms with Gasteiger partial charge in [-0.05, 0) is 30.7 Å². The highest BCUT2D eigenvalue weighted by Crippen LogP contribution is 2.22. The maximum absolute atomic E-state index is 12.9. The number of carbonyl (C=O) groups is 1. The maximum atomic E-state index is 12.9. The predicted octanol–water partition coefficient (Wildman–Crippen LogP) is 2.62. The van der Waals surface area contributed by atoms with Crippen molar-refractivity contribution in [1.29, 1.82) is 0 Å². The summed E-state index contributed by atoms with van der Waals surface area (Å²) in [5, 5.41) is 9.36. The van der Waals surface area contributed by atoms with Crippen molar-refractivity contribution in [2.24, 2.45) is 0 Å². The third-order valence-electron chi connectivity index (χ3n) is 4.09. The van der Waals surface area contributed by atoms with E-state index in [1.165, 1.54) is 4.57 Å². The minimum atomic E-state index is -1.24. The average molecular weight is 403 g/mol. The molecule has 3 aromatic rings. The molecule has 0 saturated carbocycles. The highest BCUT2D eigenvalue weighted by Gasteiger charge is 2.19. The Balaban J connectivity index is 2.39. The van der Waals surface area contributed by atoms with Crippen LogP contribution in [0.25, 0.3) is 10.9 Å². The zero-order valence-electron chi connectivity index (χ0n) is 13.3. The van der Waals surface area contributed by atoms with Gasteiger partial charge in [-0.1, -0.05) is 46.3 Å².